The number of benzene rings is 1. The van der Waals surface area contributed by atoms with Crippen molar-refractivity contribution in [1.82, 2.24) is 4.57 Å². The van der Waals surface area contributed by atoms with Crippen LogP contribution < -0.4 is 0 Å². The molecule has 0 aliphatic carbocycles. The van der Waals surface area contributed by atoms with Crippen LogP contribution in [0.4, 0.5) is 0 Å². The first-order valence-electron chi connectivity index (χ1n) is 8.49. The van der Waals surface area contributed by atoms with Crippen LogP contribution in [0.5, 0.6) is 0 Å². The summed E-state index contributed by atoms with van der Waals surface area (Å²) in [7, 11) is 0. The van der Waals surface area contributed by atoms with E-state index in [1.165, 1.54) is 0 Å². The Balaban J connectivity index is 1.74. The summed E-state index contributed by atoms with van der Waals surface area (Å²) in [6.45, 7) is 3.27. The Morgan fingerprint density at radius 2 is 2.00 bits per heavy atom. The molecule has 0 bridgehead atoms. The van der Waals surface area contributed by atoms with Crippen LogP contribution in [0, 0.1) is 11.3 Å². The molecule has 0 aliphatic rings. The Morgan fingerprint density at radius 1 is 1.25 bits per heavy atom. The zero-order valence-corrected chi connectivity index (χ0v) is 15.6. The van der Waals surface area contributed by atoms with E-state index in [2.05, 4.69) is 32.8 Å². The van der Waals surface area contributed by atoms with E-state index in [1.807, 2.05) is 25.1 Å². The molecule has 0 atom stereocenters. The number of halogens is 1. The zero-order valence-electron chi connectivity index (χ0n) is 14.1. The summed E-state index contributed by atoms with van der Waals surface area (Å²) in [6, 6.07) is 7.98. The van der Waals surface area contributed by atoms with Crippen molar-refractivity contribution in [2.45, 2.75) is 52.0 Å². The molecule has 0 spiro atoms. The number of aromatic nitrogens is 1. The number of nitriles is 1. The van der Waals surface area contributed by atoms with Gasteiger partial charge in [-0.15, -0.1) is 0 Å². The van der Waals surface area contributed by atoms with Gasteiger partial charge in [-0.25, -0.2) is 0 Å². The third-order valence-corrected chi connectivity index (χ3v) is 4.68. The first kappa shape index (κ1) is 18.5. The highest BCUT2D eigenvalue weighted by atomic mass is 79.9. The van der Waals surface area contributed by atoms with Gasteiger partial charge in [-0.05, 0) is 53.9 Å². The van der Waals surface area contributed by atoms with Gasteiger partial charge in [0.25, 0.3) is 0 Å². The SMILES string of the molecule is CCOC(=O)CCCCCCCn1cc(Br)c2cc(C#N)ccc21. The van der Waals surface area contributed by atoms with Crippen LogP contribution in [0.15, 0.2) is 28.9 Å². The molecule has 5 heteroatoms. The minimum Gasteiger partial charge on any atom is -0.466 e. The Bertz CT molecular complexity index is 731. The highest BCUT2D eigenvalue weighted by Crippen LogP contribution is 2.27. The Morgan fingerprint density at radius 3 is 2.75 bits per heavy atom. The van der Waals surface area contributed by atoms with E-state index in [4.69, 9.17) is 10.00 Å². The van der Waals surface area contributed by atoms with Crippen molar-refractivity contribution in [3.05, 3.63) is 34.4 Å². The zero-order chi connectivity index (χ0) is 17.4. The monoisotopic (exact) mass is 390 g/mol. The van der Waals surface area contributed by atoms with Gasteiger partial charge in [0.15, 0.2) is 0 Å². The molecule has 2 aromatic rings. The first-order chi connectivity index (χ1) is 11.7. The van der Waals surface area contributed by atoms with Crippen LogP contribution >= 0.6 is 15.9 Å². The van der Waals surface area contributed by atoms with Crippen molar-refractivity contribution in [1.29, 1.82) is 5.26 Å². The molecule has 1 aromatic heterocycles. The second-order valence-corrected chi connectivity index (χ2v) is 6.69. The third-order valence-electron chi connectivity index (χ3n) is 4.05. The molecule has 128 valence electrons. The summed E-state index contributed by atoms with van der Waals surface area (Å²) in [5.74, 6) is -0.0853. The van der Waals surface area contributed by atoms with Crippen LogP contribution in [0.2, 0.25) is 0 Å². The van der Waals surface area contributed by atoms with Crippen molar-refractivity contribution in [3.63, 3.8) is 0 Å². The number of hydrogen-bond acceptors (Lipinski definition) is 3. The quantitative estimate of drug-likeness (QED) is 0.437. The number of rotatable bonds is 9. The van der Waals surface area contributed by atoms with E-state index in [-0.39, 0.29) is 5.97 Å². The van der Waals surface area contributed by atoms with Crippen LogP contribution in [0.1, 0.15) is 51.0 Å². The Labute approximate surface area is 151 Å². The number of carbonyl (C=O) groups excluding carboxylic acids is 1. The summed E-state index contributed by atoms with van der Waals surface area (Å²) < 4.78 is 8.19. The highest BCUT2D eigenvalue weighted by Gasteiger charge is 2.07. The van der Waals surface area contributed by atoms with Gasteiger partial charge in [-0.3, -0.25) is 4.79 Å². The highest BCUT2D eigenvalue weighted by molar-refractivity contribution is 9.10. The Hall–Kier alpha value is -1.80. The molecule has 0 fully saturated rings. The molecule has 0 saturated heterocycles. The molecule has 0 aliphatic heterocycles. The van der Waals surface area contributed by atoms with Crippen molar-refractivity contribution >= 4 is 32.8 Å². The van der Waals surface area contributed by atoms with E-state index in [9.17, 15) is 4.79 Å². The second kappa shape index (κ2) is 9.48. The third kappa shape index (κ3) is 5.10. The number of aryl methyl sites for hydroxylation is 1. The lowest BCUT2D eigenvalue weighted by atomic mass is 10.1. The molecular formula is C19H23BrN2O2. The summed E-state index contributed by atoms with van der Waals surface area (Å²) >= 11 is 3.58. The van der Waals surface area contributed by atoms with Gasteiger partial charge in [0.05, 0.1) is 18.2 Å². The molecule has 0 saturated carbocycles. The van der Waals surface area contributed by atoms with Crippen molar-refractivity contribution in [3.8, 4) is 6.07 Å². The number of nitrogens with zero attached hydrogens (tertiary/aromatic N) is 2. The normalized spacial score (nSPS) is 10.7. The van der Waals surface area contributed by atoms with Gasteiger partial charge in [-0.2, -0.15) is 5.26 Å². The lowest BCUT2D eigenvalue weighted by molar-refractivity contribution is -0.143. The van der Waals surface area contributed by atoms with Crippen LogP contribution in [0.3, 0.4) is 0 Å². The number of carbonyl (C=O) groups is 1. The van der Waals surface area contributed by atoms with E-state index in [1.54, 1.807) is 0 Å². The van der Waals surface area contributed by atoms with Gasteiger partial charge in [0.1, 0.15) is 0 Å². The predicted octanol–water partition coefficient (Wildman–Crippen LogP) is 5.18. The molecule has 1 heterocycles. The molecule has 0 unspecified atom stereocenters. The van der Waals surface area contributed by atoms with E-state index in [0.29, 0.717) is 18.6 Å². The number of esters is 1. The van der Waals surface area contributed by atoms with Gasteiger partial charge >= 0.3 is 5.97 Å². The summed E-state index contributed by atoms with van der Waals surface area (Å²) in [5, 5.41) is 10.1. The van der Waals surface area contributed by atoms with Crippen LogP contribution in [-0.4, -0.2) is 17.1 Å². The molecule has 1 aromatic carbocycles. The van der Waals surface area contributed by atoms with Gasteiger partial charge in [0, 0.05) is 34.5 Å². The molecule has 0 N–H and O–H groups in total. The molecular weight excluding hydrogens is 368 g/mol. The maximum absolute atomic E-state index is 11.2. The fourth-order valence-electron chi connectivity index (χ4n) is 2.82. The maximum atomic E-state index is 11.2. The van der Waals surface area contributed by atoms with Crippen molar-refractivity contribution in [2.24, 2.45) is 0 Å². The summed E-state index contributed by atoms with van der Waals surface area (Å²) in [4.78, 5) is 11.2. The predicted molar refractivity (Wildman–Crippen MR) is 98.7 cm³/mol. The minimum absolute atomic E-state index is 0.0853. The average molecular weight is 391 g/mol. The smallest absolute Gasteiger partial charge is 0.305 e. The van der Waals surface area contributed by atoms with E-state index >= 15 is 0 Å². The second-order valence-electron chi connectivity index (χ2n) is 5.84. The number of fused-ring (bicyclic) bond motifs is 1. The van der Waals surface area contributed by atoms with Gasteiger partial charge < -0.3 is 9.30 Å². The fraction of sp³-hybridized carbons (Fsp3) is 0.474. The largest absolute Gasteiger partial charge is 0.466 e. The van der Waals surface area contributed by atoms with Crippen LogP contribution in [0.25, 0.3) is 10.9 Å². The van der Waals surface area contributed by atoms with Crippen molar-refractivity contribution in [2.75, 3.05) is 6.61 Å². The standard InChI is InChI=1S/C19H23BrN2O2/c1-2-24-19(23)8-6-4-3-5-7-11-22-14-17(20)16-12-15(13-21)9-10-18(16)22/h9-10,12,14H,2-8,11H2,1H3. The number of hydrogen-bond donors (Lipinski definition) is 0. The summed E-state index contributed by atoms with van der Waals surface area (Å²) in [6.07, 6.45) is 8.00. The van der Waals surface area contributed by atoms with E-state index in [0.717, 1.165) is 54.0 Å². The molecule has 24 heavy (non-hydrogen) atoms. The first-order valence-corrected chi connectivity index (χ1v) is 9.29. The Kier molecular flexibility index (Phi) is 7.33. The summed E-state index contributed by atoms with van der Waals surface area (Å²) in [5.41, 5.74) is 1.84. The van der Waals surface area contributed by atoms with Gasteiger partial charge in [-0.1, -0.05) is 19.3 Å². The number of ether oxygens (including phenoxy) is 1. The van der Waals surface area contributed by atoms with E-state index < -0.39 is 0 Å². The molecule has 0 amide bonds. The topological polar surface area (TPSA) is 55.0 Å². The van der Waals surface area contributed by atoms with Crippen molar-refractivity contribution < 1.29 is 9.53 Å². The fourth-order valence-corrected chi connectivity index (χ4v) is 3.39. The lowest BCUT2D eigenvalue weighted by Crippen LogP contribution is -2.03. The van der Waals surface area contributed by atoms with Gasteiger partial charge in [0.2, 0.25) is 0 Å². The van der Waals surface area contributed by atoms with Crippen LogP contribution in [-0.2, 0) is 16.1 Å². The average Bonchev–Trinajstić information content (AvgIpc) is 2.89. The molecule has 0 radical (unpaired) electrons. The minimum atomic E-state index is -0.0853. The number of unbranched alkanes of at least 4 members (excludes halogenated alkanes) is 4. The molecule has 2 rings (SSSR count). The lowest BCUT2D eigenvalue weighted by Gasteiger charge is -2.06. The maximum Gasteiger partial charge on any atom is 0.305 e. The molecule has 4 nitrogen and oxygen atoms in total.